The Labute approximate surface area is 135 Å². The van der Waals surface area contributed by atoms with Crippen molar-refractivity contribution in [3.8, 4) is 0 Å². The van der Waals surface area contributed by atoms with Gasteiger partial charge in [0.25, 0.3) is 0 Å². The van der Waals surface area contributed by atoms with Gasteiger partial charge in [-0.2, -0.15) is 0 Å². The number of hydrogen-bond donors (Lipinski definition) is 2. The first-order valence-electron chi connectivity index (χ1n) is 7.11. The van der Waals surface area contributed by atoms with Crippen LogP contribution in [0.1, 0.15) is 26.2 Å². The SMILES string of the molecule is CCCNc1nc(NC2CCC(=O)N(C)C2)c(Cl)cc1Cl. The van der Waals surface area contributed by atoms with E-state index in [0.717, 1.165) is 19.4 Å². The van der Waals surface area contributed by atoms with Crippen molar-refractivity contribution >= 4 is 40.7 Å². The molecular formula is C14H20Cl2N4O. The maximum Gasteiger partial charge on any atom is 0.222 e. The van der Waals surface area contributed by atoms with E-state index in [9.17, 15) is 4.79 Å². The molecule has 1 aromatic rings. The number of nitrogens with zero attached hydrogens (tertiary/aromatic N) is 2. The molecule has 116 valence electrons. The van der Waals surface area contributed by atoms with Gasteiger partial charge in [-0.25, -0.2) is 4.98 Å². The van der Waals surface area contributed by atoms with Gasteiger partial charge in [-0.15, -0.1) is 0 Å². The molecule has 1 unspecified atom stereocenters. The number of likely N-dealkylation sites (tertiary alicyclic amines) is 1. The van der Waals surface area contributed by atoms with Crippen molar-refractivity contribution < 1.29 is 4.79 Å². The van der Waals surface area contributed by atoms with Crippen LogP contribution >= 0.6 is 23.2 Å². The number of rotatable bonds is 5. The summed E-state index contributed by atoms with van der Waals surface area (Å²) in [4.78, 5) is 17.7. The van der Waals surface area contributed by atoms with Gasteiger partial charge in [-0.1, -0.05) is 30.1 Å². The average molecular weight is 331 g/mol. The van der Waals surface area contributed by atoms with Gasteiger partial charge < -0.3 is 15.5 Å². The number of nitrogens with one attached hydrogen (secondary N) is 2. The molecular weight excluding hydrogens is 311 g/mol. The van der Waals surface area contributed by atoms with E-state index in [-0.39, 0.29) is 11.9 Å². The van der Waals surface area contributed by atoms with Crippen LogP contribution in [0.15, 0.2) is 6.07 Å². The lowest BCUT2D eigenvalue weighted by atomic mass is 10.1. The molecule has 0 aromatic carbocycles. The van der Waals surface area contributed by atoms with Gasteiger partial charge >= 0.3 is 0 Å². The van der Waals surface area contributed by atoms with Gasteiger partial charge in [0.05, 0.1) is 10.0 Å². The van der Waals surface area contributed by atoms with Crippen LogP contribution in [0.2, 0.25) is 10.0 Å². The van der Waals surface area contributed by atoms with Crippen LogP contribution in [0.5, 0.6) is 0 Å². The normalized spacial score (nSPS) is 18.8. The number of anilines is 2. The second-order valence-electron chi connectivity index (χ2n) is 5.23. The molecule has 2 heterocycles. The molecule has 1 saturated heterocycles. The zero-order valence-electron chi connectivity index (χ0n) is 12.2. The molecule has 1 aliphatic rings. The monoisotopic (exact) mass is 330 g/mol. The van der Waals surface area contributed by atoms with E-state index in [4.69, 9.17) is 23.2 Å². The minimum atomic E-state index is 0.151. The molecule has 1 atom stereocenters. The van der Waals surface area contributed by atoms with Crippen LogP contribution in [-0.2, 0) is 4.79 Å². The maximum absolute atomic E-state index is 11.5. The minimum absolute atomic E-state index is 0.151. The Kier molecular flexibility index (Phi) is 5.53. The van der Waals surface area contributed by atoms with Crippen LogP contribution < -0.4 is 10.6 Å². The summed E-state index contributed by atoms with van der Waals surface area (Å²) in [6.45, 7) is 3.52. The van der Waals surface area contributed by atoms with Crippen molar-refractivity contribution in [2.24, 2.45) is 0 Å². The fourth-order valence-corrected chi connectivity index (χ4v) is 2.74. The zero-order chi connectivity index (χ0) is 15.4. The highest BCUT2D eigenvalue weighted by Gasteiger charge is 2.23. The number of carbonyl (C=O) groups is 1. The molecule has 0 bridgehead atoms. The smallest absolute Gasteiger partial charge is 0.222 e. The first-order chi connectivity index (χ1) is 10.0. The van der Waals surface area contributed by atoms with E-state index in [0.29, 0.717) is 34.6 Å². The van der Waals surface area contributed by atoms with Gasteiger partial charge in [0.2, 0.25) is 5.91 Å². The summed E-state index contributed by atoms with van der Waals surface area (Å²) in [5, 5.41) is 7.48. The Morgan fingerprint density at radius 1 is 1.38 bits per heavy atom. The highest BCUT2D eigenvalue weighted by Crippen LogP contribution is 2.30. The summed E-state index contributed by atoms with van der Waals surface area (Å²) in [5.41, 5.74) is 0. The topological polar surface area (TPSA) is 57.3 Å². The lowest BCUT2D eigenvalue weighted by Crippen LogP contribution is -2.43. The third-order valence-electron chi connectivity index (χ3n) is 3.44. The summed E-state index contributed by atoms with van der Waals surface area (Å²) in [7, 11) is 1.81. The van der Waals surface area contributed by atoms with Crippen molar-refractivity contribution in [2.75, 3.05) is 30.8 Å². The molecule has 0 spiro atoms. The predicted molar refractivity (Wildman–Crippen MR) is 87.3 cm³/mol. The molecule has 1 aromatic heterocycles. The van der Waals surface area contributed by atoms with Crippen LogP contribution in [0.25, 0.3) is 0 Å². The number of likely N-dealkylation sites (N-methyl/N-ethyl adjacent to an activating group) is 1. The maximum atomic E-state index is 11.5. The lowest BCUT2D eigenvalue weighted by molar-refractivity contribution is -0.132. The highest BCUT2D eigenvalue weighted by atomic mass is 35.5. The molecule has 0 aliphatic carbocycles. The number of piperidine rings is 1. The Hall–Kier alpha value is -1.20. The number of hydrogen-bond acceptors (Lipinski definition) is 4. The second kappa shape index (κ2) is 7.18. The van der Waals surface area contributed by atoms with Gasteiger partial charge in [-0.3, -0.25) is 4.79 Å². The van der Waals surface area contributed by atoms with E-state index >= 15 is 0 Å². The highest BCUT2D eigenvalue weighted by molar-refractivity contribution is 6.37. The van der Waals surface area contributed by atoms with Crippen LogP contribution in [0.3, 0.4) is 0 Å². The van der Waals surface area contributed by atoms with Crippen LogP contribution in [-0.4, -0.2) is 42.0 Å². The fourth-order valence-electron chi connectivity index (χ4n) is 2.26. The van der Waals surface area contributed by atoms with Gasteiger partial charge in [0.15, 0.2) is 0 Å². The number of carbonyl (C=O) groups excluding carboxylic acids is 1. The van der Waals surface area contributed by atoms with E-state index in [1.165, 1.54) is 0 Å². The number of halogens is 2. The summed E-state index contributed by atoms with van der Waals surface area (Å²) < 4.78 is 0. The van der Waals surface area contributed by atoms with Crippen molar-refractivity contribution in [1.82, 2.24) is 9.88 Å². The molecule has 5 nitrogen and oxygen atoms in total. The Balaban J connectivity index is 2.10. The molecule has 0 radical (unpaired) electrons. The summed E-state index contributed by atoms with van der Waals surface area (Å²) in [5.74, 6) is 1.41. The molecule has 1 amide bonds. The first kappa shape index (κ1) is 16.2. The predicted octanol–water partition coefficient (Wildman–Crippen LogP) is 3.24. The van der Waals surface area contributed by atoms with E-state index in [1.54, 1.807) is 18.0 Å². The first-order valence-corrected chi connectivity index (χ1v) is 7.87. The standard InChI is InChI=1S/C14H20Cl2N4O/c1-3-6-17-13-10(15)7-11(16)14(19-13)18-9-4-5-12(21)20(2)8-9/h7,9H,3-6,8H2,1-2H3,(H2,17,18,19). The van der Waals surface area contributed by atoms with Crippen LogP contribution in [0, 0.1) is 0 Å². The van der Waals surface area contributed by atoms with Crippen molar-refractivity contribution in [3.05, 3.63) is 16.1 Å². The summed E-state index contributed by atoms with van der Waals surface area (Å²) in [6, 6.07) is 1.84. The average Bonchev–Trinajstić information content (AvgIpc) is 2.44. The van der Waals surface area contributed by atoms with Gasteiger partial charge in [0.1, 0.15) is 11.6 Å². The van der Waals surface area contributed by atoms with Gasteiger partial charge in [0, 0.05) is 32.6 Å². The van der Waals surface area contributed by atoms with Crippen LogP contribution in [0.4, 0.5) is 11.6 Å². The number of amides is 1. The Morgan fingerprint density at radius 3 is 2.76 bits per heavy atom. The molecule has 2 N–H and O–H groups in total. The quantitative estimate of drug-likeness (QED) is 0.870. The minimum Gasteiger partial charge on any atom is -0.369 e. The number of aromatic nitrogens is 1. The molecule has 7 heteroatoms. The van der Waals surface area contributed by atoms with Gasteiger partial charge in [-0.05, 0) is 18.9 Å². The van der Waals surface area contributed by atoms with E-state index < -0.39 is 0 Å². The van der Waals surface area contributed by atoms with Crippen molar-refractivity contribution in [3.63, 3.8) is 0 Å². The Bertz CT molecular complexity index is 524. The molecule has 2 rings (SSSR count). The molecule has 21 heavy (non-hydrogen) atoms. The third kappa shape index (κ3) is 4.14. The summed E-state index contributed by atoms with van der Waals surface area (Å²) >= 11 is 12.3. The fraction of sp³-hybridized carbons (Fsp3) is 0.571. The second-order valence-corrected chi connectivity index (χ2v) is 6.04. The van der Waals surface area contributed by atoms with E-state index in [2.05, 4.69) is 22.5 Å². The largest absolute Gasteiger partial charge is 0.369 e. The molecule has 1 aliphatic heterocycles. The Morgan fingerprint density at radius 2 is 2.10 bits per heavy atom. The van der Waals surface area contributed by atoms with Crippen molar-refractivity contribution in [2.45, 2.75) is 32.2 Å². The zero-order valence-corrected chi connectivity index (χ0v) is 13.8. The number of pyridine rings is 1. The molecule has 0 saturated carbocycles. The van der Waals surface area contributed by atoms with Crippen molar-refractivity contribution in [1.29, 1.82) is 0 Å². The van der Waals surface area contributed by atoms with E-state index in [1.807, 2.05) is 0 Å². The summed E-state index contributed by atoms with van der Waals surface area (Å²) in [6.07, 6.45) is 2.31. The third-order valence-corrected chi connectivity index (χ3v) is 4.02. The lowest BCUT2D eigenvalue weighted by Gasteiger charge is -2.30. The molecule has 1 fully saturated rings.